The molecule has 0 bridgehead atoms. The van der Waals surface area contributed by atoms with Crippen molar-refractivity contribution in [2.45, 2.75) is 26.3 Å². The maximum atomic E-state index is 12.7. The number of nitrogens with two attached hydrogens (primary N) is 1. The van der Waals surface area contributed by atoms with Crippen LogP contribution in [0.3, 0.4) is 0 Å². The summed E-state index contributed by atoms with van der Waals surface area (Å²) in [6, 6.07) is 7.66. The number of thiazole rings is 1. The molecule has 3 rings (SSSR count). The number of hydrogen-bond donors (Lipinski definition) is 1. The molecule has 1 atom stereocenters. The third-order valence-electron chi connectivity index (χ3n) is 4.43. The highest BCUT2D eigenvalue weighted by molar-refractivity contribution is 7.13. The van der Waals surface area contributed by atoms with E-state index in [1.165, 1.54) is 11.3 Å². The highest BCUT2D eigenvalue weighted by Gasteiger charge is 2.36. The number of rotatable bonds is 2. The normalized spacial score (nSPS) is 19.7. The number of carbonyl (C=O) groups excluding carboxylic acids is 1. The first kappa shape index (κ1) is 19.2. The number of aromatic nitrogens is 1. The third-order valence-corrected chi connectivity index (χ3v) is 5.63. The Balaban J connectivity index is 0.00000208. The van der Waals surface area contributed by atoms with Gasteiger partial charge in [0.2, 0.25) is 0 Å². The molecule has 1 saturated heterocycles. The van der Waals surface area contributed by atoms with Crippen LogP contribution in [0.5, 0.6) is 0 Å². The lowest BCUT2D eigenvalue weighted by Crippen LogP contribution is -2.54. The molecule has 1 fully saturated rings. The van der Waals surface area contributed by atoms with E-state index in [2.05, 4.69) is 18.8 Å². The molecule has 130 valence electrons. The molecule has 1 aliphatic heterocycles. The SMILES string of the molecule is CC1(C)CN(C(=O)c2csc(-c3ccccc3Cl)n2)CCC1N.Cl. The van der Waals surface area contributed by atoms with Crippen molar-refractivity contribution in [2.75, 3.05) is 13.1 Å². The quantitative estimate of drug-likeness (QED) is 0.846. The Morgan fingerprint density at radius 2 is 2.12 bits per heavy atom. The van der Waals surface area contributed by atoms with Crippen LogP contribution in [-0.2, 0) is 0 Å². The summed E-state index contributed by atoms with van der Waals surface area (Å²) in [5, 5.41) is 3.22. The molecule has 2 N–H and O–H groups in total. The van der Waals surface area contributed by atoms with Crippen molar-refractivity contribution in [2.24, 2.45) is 11.1 Å². The van der Waals surface area contributed by atoms with Crippen LogP contribution in [0.25, 0.3) is 10.6 Å². The van der Waals surface area contributed by atoms with Crippen molar-refractivity contribution in [1.82, 2.24) is 9.88 Å². The van der Waals surface area contributed by atoms with Gasteiger partial charge in [0.05, 0.1) is 5.02 Å². The zero-order valence-corrected chi connectivity index (χ0v) is 16.0. The van der Waals surface area contributed by atoms with Gasteiger partial charge in [-0.3, -0.25) is 4.79 Å². The Bertz CT molecular complexity index is 732. The Kier molecular flexibility index (Phi) is 5.91. The minimum absolute atomic E-state index is 0. The smallest absolute Gasteiger partial charge is 0.273 e. The summed E-state index contributed by atoms with van der Waals surface area (Å²) in [5.74, 6) is -0.0282. The van der Waals surface area contributed by atoms with Crippen LogP contribution in [0.15, 0.2) is 29.6 Å². The number of piperidine rings is 1. The van der Waals surface area contributed by atoms with Crippen molar-refractivity contribution in [3.8, 4) is 10.6 Å². The Morgan fingerprint density at radius 3 is 2.79 bits per heavy atom. The van der Waals surface area contributed by atoms with Crippen LogP contribution in [0, 0.1) is 5.41 Å². The van der Waals surface area contributed by atoms with E-state index in [1.54, 1.807) is 0 Å². The molecule has 1 aromatic carbocycles. The first-order valence-corrected chi connectivity index (χ1v) is 8.89. The lowest BCUT2D eigenvalue weighted by atomic mass is 9.79. The number of halogens is 2. The zero-order chi connectivity index (χ0) is 16.6. The van der Waals surface area contributed by atoms with E-state index in [4.69, 9.17) is 17.3 Å². The van der Waals surface area contributed by atoms with Crippen LogP contribution < -0.4 is 5.73 Å². The molecular weight excluding hydrogens is 365 g/mol. The summed E-state index contributed by atoms with van der Waals surface area (Å²) in [5.41, 5.74) is 7.41. The summed E-state index contributed by atoms with van der Waals surface area (Å²) >= 11 is 7.65. The standard InChI is InChI=1S/C17H20ClN3OS.ClH/c1-17(2)10-21(8-7-14(17)19)16(22)13-9-23-15(20-13)11-5-3-4-6-12(11)18;/h3-6,9,14H,7-8,10,19H2,1-2H3;1H. The number of nitrogens with zero attached hydrogens (tertiary/aromatic N) is 2. The Morgan fingerprint density at radius 1 is 1.42 bits per heavy atom. The maximum absolute atomic E-state index is 12.7. The second-order valence-electron chi connectivity index (χ2n) is 6.63. The van der Waals surface area contributed by atoms with E-state index in [9.17, 15) is 4.79 Å². The number of likely N-dealkylation sites (tertiary alicyclic amines) is 1. The minimum Gasteiger partial charge on any atom is -0.337 e. The number of hydrogen-bond acceptors (Lipinski definition) is 4. The molecule has 1 aromatic heterocycles. The highest BCUT2D eigenvalue weighted by atomic mass is 35.5. The topological polar surface area (TPSA) is 59.2 Å². The van der Waals surface area contributed by atoms with Gasteiger partial charge in [-0.15, -0.1) is 23.7 Å². The molecule has 4 nitrogen and oxygen atoms in total. The van der Waals surface area contributed by atoms with Gasteiger partial charge in [0, 0.05) is 30.1 Å². The average Bonchev–Trinajstić information content (AvgIpc) is 2.99. The lowest BCUT2D eigenvalue weighted by molar-refractivity contribution is 0.0528. The molecule has 0 aliphatic carbocycles. The summed E-state index contributed by atoms with van der Waals surface area (Å²) in [4.78, 5) is 19.1. The second-order valence-corrected chi connectivity index (χ2v) is 7.89. The maximum Gasteiger partial charge on any atom is 0.273 e. The second kappa shape index (κ2) is 7.40. The molecule has 2 heterocycles. The summed E-state index contributed by atoms with van der Waals surface area (Å²) < 4.78 is 0. The van der Waals surface area contributed by atoms with Crippen molar-refractivity contribution in [3.05, 3.63) is 40.4 Å². The van der Waals surface area contributed by atoms with Crippen LogP contribution in [0.2, 0.25) is 5.02 Å². The zero-order valence-electron chi connectivity index (χ0n) is 13.7. The third kappa shape index (κ3) is 3.75. The molecule has 0 saturated carbocycles. The molecule has 1 aliphatic rings. The lowest BCUT2D eigenvalue weighted by Gasteiger charge is -2.42. The van der Waals surface area contributed by atoms with Crippen molar-refractivity contribution in [1.29, 1.82) is 0 Å². The van der Waals surface area contributed by atoms with Gasteiger partial charge in [-0.05, 0) is 17.9 Å². The van der Waals surface area contributed by atoms with Gasteiger partial charge in [-0.1, -0.05) is 43.6 Å². The molecule has 1 amide bonds. The molecule has 1 unspecified atom stereocenters. The van der Waals surface area contributed by atoms with Crippen LogP contribution in [-0.4, -0.2) is 34.9 Å². The minimum atomic E-state index is -0.0739. The van der Waals surface area contributed by atoms with Crippen molar-refractivity contribution < 1.29 is 4.79 Å². The largest absolute Gasteiger partial charge is 0.337 e. The first-order valence-electron chi connectivity index (χ1n) is 7.64. The van der Waals surface area contributed by atoms with Crippen molar-refractivity contribution >= 4 is 41.3 Å². The van der Waals surface area contributed by atoms with E-state index in [-0.39, 0.29) is 29.8 Å². The average molecular weight is 386 g/mol. The Labute approximate surface area is 157 Å². The highest BCUT2D eigenvalue weighted by Crippen LogP contribution is 2.32. The van der Waals surface area contributed by atoms with E-state index >= 15 is 0 Å². The van der Waals surface area contributed by atoms with Crippen LogP contribution in [0.4, 0.5) is 0 Å². The fourth-order valence-corrected chi connectivity index (χ4v) is 3.95. The van der Waals surface area contributed by atoms with E-state index < -0.39 is 0 Å². The number of carbonyl (C=O) groups is 1. The van der Waals surface area contributed by atoms with Gasteiger partial charge < -0.3 is 10.6 Å². The van der Waals surface area contributed by atoms with Crippen molar-refractivity contribution in [3.63, 3.8) is 0 Å². The predicted molar refractivity (Wildman–Crippen MR) is 102 cm³/mol. The molecular formula is C17H21Cl2N3OS. The molecule has 7 heteroatoms. The van der Waals surface area contributed by atoms with Gasteiger partial charge in [0.15, 0.2) is 0 Å². The number of benzene rings is 1. The van der Waals surface area contributed by atoms with Gasteiger partial charge >= 0.3 is 0 Å². The summed E-state index contributed by atoms with van der Waals surface area (Å²) in [7, 11) is 0. The fraction of sp³-hybridized carbons (Fsp3) is 0.412. The van der Waals surface area contributed by atoms with Crippen LogP contribution >= 0.6 is 35.3 Å². The summed E-state index contributed by atoms with van der Waals surface area (Å²) in [6.45, 7) is 5.55. The molecule has 0 spiro atoms. The van der Waals surface area contributed by atoms with E-state index in [1.807, 2.05) is 34.5 Å². The molecule has 0 radical (unpaired) electrons. The van der Waals surface area contributed by atoms with Gasteiger partial charge in [0.25, 0.3) is 5.91 Å². The summed E-state index contributed by atoms with van der Waals surface area (Å²) in [6.07, 6.45) is 0.820. The monoisotopic (exact) mass is 385 g/mol. The predicted octanol–water partition coefficient (Wildman–Crippen LogP) is 4.08. The Hall–Kier alpha value is -1.14. The van der Waals surface area contributed by atoms with Gasteiger partial charge in [-0.2, -0.15) is 0 Å². The van der Waals surface area contributed by atoms with E-state index in [0.717, 1.165) is 17.0 Å². The van der Waals surface area contributed by atoms with Crippen LogP contribution in [0.1, 0.15) is 30.8 Å². The molecule has 2 aromatic rings. The number of amides is 1. The molecule has 24 heavy (non-hydrogen) atoms. The van der Waals surface area contributed by atoms with Gasteiger partial charge in [0.1, 0.15) is 10.7 Å². The fourth-order valence-electron chi connectivity index (χ4n) is 2.84. The van der Waals surface area contributed by atoms with Gasteiger partial charge in [-0.25, -0.2) is 4.98 Å². The van der Waals surface area contributed by atoms with E-state index in [0.29, 0.717) is 23.8 Å². The first-order chi connectivity index (χ1) is 10.9.